The summed E-state index contributed by atoms with van der Waals surface area (Å²) < 4.78 is 0.211. The molecule has 1 atom stereocenters. The maximum Gasteiger partial charge on any atom is 0.305 e. The highest BCUT2D eigenvalue weighted by Gasteiger charge is 2.48. The van der Waals surface area contributed by atoms with E-state index in [2.05, 4.69) is 0 Å². The number of imide groups is 1. The summed E-state index contributed by atoms with van der Waals surface area (Å²) in [6.07, 6.45) is 1.16. The van der Waals surface area contributed by atoms with Crippen LogP contribution in [0.3, 0.4) is 0 Å². The minimum absolute atomic E-state index is 0.191. The molecule has 2 fully saturated rings. The number of hydrogen-bond donors (Lipinski definition) is 1. The molecule has 0 aromatic heterocycles. The first-order valence-corrected chi connectivity index (χ1v) is 8.99. The van der Waals surface area contributed by atoms with Crippen LogP contribution in [0.25, 0.3) is 6.08 Å². The molecule has 0 bridgehead atoms. The van der Waals surface area contributed by atoms with Gasteiger partial charge < -0.3 is 5.11 Å². The lowest BCUT2D eigenvalue weighted by Gasteiger charge is -2.21. The number of likely N-dealkylation sites (tertiary alicyclic amines) is 1. The minimum atomic E-state index is -1.11. The molecule has 26 heavy (non-hydrogen) atoms. The van der Waals surface area contributed by atoms with Crippen molar-refractivity contribution in [3.8, 4) is 0 Å². The summed E-state index contributed by atoms with van der Waals surface area (Å²) in [5, 5.41) is 8.74. The van der Waals surface area contributed by atoms with Gasteiger partial charge in [0.1, 0.15) is 10.4 Å². The van der Waals surface area contributed by atoms with E-state index >= 15 is 0 Å². The van der Waals surface area contributed by atoms with Crippen LogP contribution in [0.4, 0.5) is 0 Å². The first-order chi connectivity index (χ1) is 12.4. The van der Waals surface area contributed by atoms with E-state index in [1.165, 1.54) is 0 Å². The lowest BCUT2D eigenvalue weighted by molar-refractivity contribution is -0.142. The van der Waals surface area contributed by atoms with Crippen molar-refractivity contribution in [2.24, 2.45) is 0 Å². The molecular formula is C17H14N2O5S2. The zero-order valence-electron chi connectivity index (χ0n) is 13.5. The molecule has 2 heterocycles. The zero-order valence-corrected chi connectivity index (χ0v) is 15.1. The van der Waals surface area contributed by atoms with Gasteiger partial charge in [-0.15, -0.1) is 0 Å². The average molecular weight is 390 g/mol. The van der Waals surface area contributed by atoms with Crippen LogP contribution >= 0.6 is 24.0 Å². The molecule has 1 N–H and O–H groups in total. The van der Waals surface area contributed by atoms with Gasteiger partial charge in [0.25, 0.3) is 11.8 Å². The summed E-state index contributed by atoms with van der Waals surface area (Å²) >= 11 is 6.31. The smallest absolute Gasteiger partial charge is 0.305 e. The van der Waals surface area contributed by atoms with E-state index in [-0.39, 0.29) is 23.7 Å². The van der Waals surface area contributed by atoms with Crippen molar-refractivity contribution in [1.29, 1.82) is 0 Å². The number of amides is 3. The van der Waals surface area contributed by atoms with Gasteiger partial charge in [-0.25, -0.2) is 0 Å². The third-order valence-corrected chi connectivity index (χ3v) is 5.33. The van der Waals surface area contributed by atoms with Crippen molar-refractivity contribution >= 4 is 58.1 Å². The molecule has 9 heteroatoms. The fourth-order valence-electron chi connectivity index (χ4n) is 2.76. The maximum absolute atomic E-state index is 12.7. The molecule has 0 unspecified atom stereocenters. The predicted molar refractivity (Wildman–Crippen MR) is 98.8 cm³/mol. The van der Waals surface area contributed by atoms with Crippen LogP contribution in [0.15, 0.2) is 35.2 Å². The Morgan fingerprint density at radius 1 is 1.27 bits per heavy atom. The number of carbonyl (C=O) groups excluding carboxylic acids is 3. The summed E-state index contributed by atoms with van der Waals surface area (Å²) in [5.74, 6) is -2.61. The van der Waals surface area contributed by atoms with E-state index < -0.39 is 29.7 Å². The summed E-state index contributed by atoms with van der Waals surface area (Å²) in [6, 6.07) is 8.20. The normalized spacial score (nSPS) is 22.0. The number of nitrogens with zero attached hydrogens (tertiary/aromatic N) is 2. The van der Waals surface area contributed by atoms with Crippen LogP contribution in [0.1, 0.15) is 18.4 Å². The lowest BCUT2D eigenvalue weighted by atomic mass is 10.2. The van der Waals surface area contributed by atoms with Crippen LogP contribution in [-0.2, 0) is 19.2 Å². The Bertz CT molecular complexity index is 837. The zero-order chi connectivity index (χ0) is 18.8. The fourth-order valence-corrected chi connectivity index (χ4v) is 4.12. The van der Waals surface area contributed by atoms with E-state index in [1.807, 2.05) is 30.3 Å². The Labute approximate surface area is 158 Å². The number of rotatable bonds is 5. The first kappa shape index (κ1) is 18.3. The monoisotopic (exact) mass is 390 g/mol. The summed E-state index contributed by atoms with van der Waals surface area (Å²) in [6.45, 7) is -0.210. The lowest BCUT2D eigenvalue weighted by Crippen LogP contribution is -2.44. The molecule has 2 aliphatic rings. The van der Waals surface area contributed by atoms with Gasteiger partial charge in [-0.3, -0.25) is 29.0 Å². The second-order valence-corrected chi connectivity index (χ2v) is 7.39. The maximum atomic E-state index is 12.7. The Balaban J connectivity index is 1.79. The molecule has 0 saturated carbocycles. The summed E-state index contributed by atoms with van der Waals surface area (Å²) in [5.41, 5.74) is 0.824. The highest BCUT2D eigenvalue weighted by atomic mass is 32.2. The highest BCUT2D eigenvalue weighted by molar-refractivity contribution is 8.26. The number of carboxylic acids is 1. The van der Waals surface area contributed by atoms with Crippen molar-refractivity contribution < 1.29 is 24.3 Å². The van der Waals surface area contributed by atoms with Crippen molar-refractivity contribution in [2.45, 2.75) is 18.9 Å². The Morgan fingerprint density at radius 2 is 1.96 bits per heavy atom. The topological polar surface area (TPSA) is 95.0 Å². The van der Waals surface area contributed by atoms with Crippen molar-refractivity contribution in [1.82, 2.24) is 9.80 Å². The number of thioether (sulfide) groups is 1. The molecule has 7 nitrogen and oxygen atoms in total. The molecule has 0 radical (unpaired) electrons. The van der Waals surface area contributed by atoms with Crippen molar-refractivity contribution in [3.63, 3.8) is 0 Å². The molecule has 1 aromatic rings. The number of benzene rings is 1. The molecule has 3 rings (SSSR count). The Hall–Kier alpha value is -2.52. The van der Waals surface area contributed by atoms with E-state index in [0.29, 0.717) is 4.91 Å². The first-order valence-electron chi connectivity index (χ1n) is 7.76. The SMILES string of the molecule is O=C(O)CCN1C(=O)C[C@H](N2C(=O)/C(=C\c3ccccc3)SC2=S)C1=O. The van der Waals surface area contributed by atoms with E-state index in [4.69, 9.17) is 17.3 Å². The fraction of sp³-hybridized carbons (Fsp3) is 0.235. The number of aliphatic carboxylic acids is 1. The molecule has 2 aliphatic heterocycles. The predicted octanol–water partition coefficient (Wildman–Crippen LogP) is 1.49. The highest BCUT2D eigenvalue weighted by Crippen LogP contribution is 2.36. The van der Waals surface area contributed by atoms with Gasteiger partial charge in [-0.2, -0.15) is 0 Å². The van der Waals surface area contributed by atoms with Gasteiger partial charge >= 0.3 is 5.97 Å². The summed E-state index contributed by atoms with van der Waals surface area (Å²) in [4.78, 5) is 50.4. The molecule has 0 spiro atoms. The quantitative estimate of drug-likeness (QED) is 0.462. The van der Waals surface area contributed by atoms with Gasteiger partial charge in [0.05, 0.1) is 17.7 Å². The number of thiocarbonyl (C=S) groups is 1. The van der Waals surface area contributed by atoms with Gasteiger partial charge in [0.2, 0.25) is 5.91 Å². The molecule has 3 amide bonds. The second-order valence-electron chi connectivity index (χ2n) is 5.71. The largest absolute Gasteiger partial charge is 0.481 e. The number of carbonyl (C=O) groups is 4. The van der Waals surface area contributed by atoms with Crippen molar-refractivity contribution in [3.05, 3.63) is 40.8 Å². The van der Waals surface area contributed by atoms with Crippen LogP contribution in [0.2, 0.25) is 0 Å². The van der Waals surface area contributed by atoms with Gasteiger partial charge in [0, 0.05) is 6.54 Å². The molecule has 1 aromatic carbocycles. The van der Waals surface area contributed by atoms with E-state index in [9.17, 15) is 19.2 Å². The van der Waals surface area contributed by atoms with Crippen LogP contribution in [0.5, 0.6) is 0 Å². The molecule has 0 aliphatic carbocycles. The average Bonchev–Trinajstić information content (AvgIpc) is 3.02. The van der Waals surface area contributed by atoms with Crippen molar-refractivity contribution in [2.75, 3.05) is 6.54 Å². The Kier molecular flexibility index (Phi) is 5.19. The number of carboxylic acid groups (broad SMARTS) is 1. The van der Waals surface area contributed by atoms with Crippen LogP contribution in [-0.4, -0.2) is 55.5 Å². The Morgan fingerprint density at radius 3 is 2.62 bits per heavy atom. The standard InChI is InChI=1S/C17H14N2O5S2/c20-13-9-11(15(23)18(13)7-6-14(21)22)19-16(24)12(26-17(19)25)8-10-4-2-1-3-5-10/h1-5,8,11H,6-7,9H2,(H,21,22)/b12-8+/t11-/m0/s1. The summed E-state index contributed by atoms with van der Waals surface area (Å²) in [7, 11) is 0. The van der Waals surface area contributed by atoms with Gasteiger partial charge in [0.15, 0.2) is 0 Å². The van der Waals surface area contributed by atoms with Gasteiger partial charge in [-0.05, 0) is 11.6 Å². The molecular weight excluding hydrogens is 376 g/mol. The van der Waals surface area contributed by atoms with Gasteiger partial charge in [-0.1, -0.05) is 54.3 Å². The van der Waals surface area contributed by atoms with E-state index in [0.717, 1.165) is 27.1 Å². The number of hydrogen-bond acceptors (Lipinski definition) is 6. The minimum Gasteiger partial charge on any atom is -0.481 e. The van der Waals surface area contributed by atoms with Crippen LogP contribution < -0.4 is 0 Å². The molecule has 2 saturated heterocycles. The molecule has 134 valence electrons. The third kappa shape index (κ3) is 3.54. The second kappa shape index (κ2) is 7.38. The third-order valence-electron chi connectivity index (χ3n) is 4.00. The van der Waals surface area contributed by atoms with E-state index in [1.54, 1.807) is 6.08 Å². The van der Waals surface area contributed by atoms with Crippen LogP contribution in [0, 0.1) is 0 Å².